The van der Waals surface area contributed by atoms with Crippen LogP contribution in [-0.2, 0) is 19.0 Å². The van der Waals surface area contributed by atoms with E-state index in [1.165, 1.54) is 12.5 Å². The van der Waals surface area contributed by atoms with Crippen molar-refractivity contribution in [1.29, 1.82) is 0 Å². The molecule has 2 saturated heterocycles. The minimum atomic E-state index is -0.240. The van der Waals surface area contributed by atoms with Crippen LogP contribution in [0.25, 0.3) is 0 Å². The minimum Gasteiger partial charge on any atom is -0.462 e. The number of hydrogen-bond donors (Lipinski definition) is 0. The third-order valence-electron chi connectivity index (χ3n) is 6.84. The Kier molecular flexibility index (Phi) is 2.56. The Morgan fingerprint density at radius 1 is 1.43 bits per heavy atom. The van der Waals surface area contributed by atoms with Gasteiger partial charge in [-0.3, -0.25) is 4.79 Å². The lowest BCUT2D eigenvalue weighted by atomic mass is 9.51. The molecule has 2 aliphatic carbocycles. The molecule has 0 aromatic carbocycles. The quantitative estimate of drug-likeness (QED) is 0.423. The van der Waals surface area contributed by atoms with Crippen molar-refractivity contribution in [3.8, 4) is 0 Å². The average molecular weight is 292 g/mol. The van der Waals surface area contributed by atoms with Crippen molar-refractivity contribution >= 4 is 5.97 Å². The number of hydrogen-bond acceptors (Lipinski definition) is 4. The molecule has 0 radical (unpaired) electrons. The van der Waals surface area contributed by atoms with Gasteiger partial charge in [0.05, 0.1) is 18.8 Å². The summed E-state index contributed by atoms with van der Waals surface area (Å²) < 4.78 is 18.2. The van der Waals surface area contributed by atoms with Crippen LogP contribution in [0, 0.1) is 10.8 Å². The zero-order valence-corrected chi connectivity index (χ0v) is 13.3. The molecule has 0 N–H and O–H groups in total. The van der Waals surface area contributed by atoms with Crippen LogP contribution in [-0.4, -0.2) is 36.5 Å². The monoisotopic (exact) mass is 292 g/mol. The summed E-state index contributed by atoms with van der Waals surface area (Å²) >= 11 is 0. The Morgan fingerprint density at radius 2 is 2.14 bits per heavy atom. The van der Waals surface area contributed by atoms with Gasteiger partial charge in [0.25, 0.3) is 0 Å². The van der Waals surface area contributed by atoms with Gasteiger partial charge in [0.15, 0.2) is 0 Å². The van der Waals surface area contributed by atoms with Crippen LogP contribution < -0.4 is 0 Å². The van der Waals surface area contributed by atoms with Crippen molar-refractivity contribution in [2.45, 2.75) is 70.9 Å². The third kappa shape index (κ3) is 1.41. The van der Waals surface area contributed by atoms with Crippen LogP contribution in [0.1, 0.15) is 47.0 Å². The van der Waals surface area contributed by atoms with Gasteiger partial charge in [-0.05, 0) is 25.3 Å². The molecule has 4 nitrogen and oxygen atoms in total. The largest absolute Gasteiger partial charge is 0.462 e. The number of rotatable bonds is 1. The molecule has 1 spiro atoms. The van der Waals surface area contributed by atoms with Crippen LogP contribution in [0.3, 0.4) is 0 Å². The summed E-state index contributed by atoms with van der Waals surface area (Å²) in [7, 11) is 0. The SMILES string of the molecule is CC(=O)O[C@@H]1C[C@H]2O[C@@H]3C(C)=CCC[C@]3(C)[C@]1(C)[C@]21CO1. The van der Waals surface area contributed by atoms with E-state index < -0.39 is 0 Å². The Bertz CT molecular complexity index is 535. The number of fused-ring (bicyclic) bond motifs is 2. The van der Waals surface area contributed by atoms with Crippen molar-refractivity contribution < 1.29 is 19.0 Å². The predicted octanol–water partition coefficient (Wildman–Crippen LogP) is 2.61. The molecule has 4 heteroatoms. The number of ether oxygens (including phenoxy) is 3. The van der Waals surface area contributed by atoms with Crippen molar-refractivity contribution in [2.24, 2.45) is 10.8 Å². The number of allylic oxidation sites excluding steroid dienone is 1. The second-order valence-corrected chi connectivity index (χ2v) is 7.62. The van der Waals surface area contributed by atoms with E-state index in [1.807, 2.05) is 0 Å². The highest BCUT2D eigenvalue weighted by molar-refractivity contribution is 5.66. The van der Waals surface area contributed by atoms with Gasteiger partial charge in [0, 0.05) is 24.2 Å². The maximum Gasteiger partial charge on any atom is 0.302 e. The van der Waals surface area contributed by atoms with E-state index in [0.717, 1.165) is 25.9 Å². The molecule has 1 saturated carbocycles. The molecule has 2 heterocycles. The van der Waals surface area contributed by atoms with Gasteiger partial charge in [0.1, 0.15) is 11.7 Å². The van der Waals surface area contributed by atoms with E-state index in [4.69, 9.17) is 14.2 Å². The first-order valence-electron chi connectivity index (χ1n) is 7.98. The Balaban J connectivity index is 1.83. The molecule has 3 fully saturated rings. The molecule has 0 aromatic rings. The lowest BCUT2D eigenvalue weighted by Gasteiger charge is -2.58. The van der Waals surface area contributed by atoms with Gasteiger partial charge in [-0.15, -0.1) is 0 Å². The van der Waals surface area contributed by atoms with Gasteiger partial charge < -0.3 is 14.2 Å². The van der Waals surface area contributed by atoms with Crippen LogP contribution in [0.15, 0.2) is 11.6 Å². The first-order valence-corrected chi connectivity index (χ1v) is 7.98. The fourth-order valence-corrected chi connectivity index (χ4v) is 5.47. The predicted molar refractivity (Wildman–Crippen MR) is 76.7 cm³/mol. The summed E-state index contributed by atoms with van der Waals surface area (Å²) in [4.78, 5) is 11.6. The fraction of sp³-hybridized carbons (Fsp3) is 0.824. The van der Waals surface area contributed by atoms with Gasteiger partial charge in [-0.25, -0.2) is 0 Å². The van der Waals surface area contributed by atoms with E-state index >= 15 is 0 Å². The Morgan fingerprint density at radius 3 is 2.76 bits per heavy atom. The third-order valence-corrected chi connectivity index (χ3v) is 6.84. The highest BCUT2D eigenvalue weighted by Gasteiger charge is 2.81. The summed E-state index contributed by atoms with van der Waals surface area (Å²) in [6, 6.07) is 0. The van der Waals surface area contributed by atoms with E-state index in [9.17, 15) is 4.79 Å². The normalized spacial score (nSPS) is 54.1. The smallest absolute Gasteiger partial charge is 0.302 e. The molecular formula is C17H24O4. The standard InChI is InChI=1S/C17H24O4/c1-10-6-5-7-15(3)14(10)21-13-8-12(20-11(2)18)16(15,4)17(13)9-19-17/h6,12-14H,5,7-9H2,1-4H3/t12-,13-,14-,15+,16-,17+/m1/s1. The van der Waals surface area contributed by atoms with E-state index in [1.54, 1.807) is 0 Å². The Labute approximate surface area is 125 Å². The zero-order valence-electron chi connectivity index (χ0n) is 13.3. The van der Waals surface area contributed by atoms with E-state index in [0.29, 0.717) is 0 Å². The van der Waals surface area contributed by atoms with Crippen LogP contribution in [0.2, 0.25) is 0 Å². The Hall–Kier alpha value is -0.870. The second kappa shape index (κ2) is 3.90. The van der Waals surface area contributed by atoms with Crippen molar-refractivity contribution in [3.05, 3.63) is 11.6 Å². The molecule has 2 aliphatic heterocycles. The molecule has 0 amide bonds. The average Bonchev–Trinajstić information content (AvgIpc) is 3.16. The number of esters is 1. The first kappa shape index (κ1) is 13.8. The summed E-state index contributed by atoms with van der Waals surface area (Å²) in [5, 5.41) is 0. The number of epoxide rings is 1. The van der Waals surface area contributed by atoms with Gasteiger partial charge in [0.2, 0.25) is 0 Å². The second-order valence-electron chi connectivity index (χ2n) is 7.62. The zero-order chi connectivity index (χ0) is 15.0. The molecule has 2 bridgehead atoms. The van der Waals surface area contributed by atoms with Gasteiger partial charge in [-0.1, -0.05) is 19.9 Å². The number of carbonyl (C=O) groups excluding carboxylic acids is 1. The van der Waals surface area contributed by atoms with E-state index in [-0.39, 0.29) is 40.7 Å². The lowest BCUT2D eigenvalue weighted by molar-refractivity contribution is -0.212. The summed E-state index contributed by atoms with van der Waals surface area (Å²) in [6.45, 7) is 8.96. The minimum absolute atomic E-state index is 0.0462. The van der Waals surface area contributed by atoms with Crippen molar-refractivity contribution in [1.82, 2.24) is 0 Å². The maximum atomic E-state index is 11.6. The first-order chi connectivity index (χ1) is 9.85. The molecule has 116 valence electrons. The molecule has 4 rings (SSSR count). The van der Waals surface area contributed by atoms with Crippen LogP contribution in [0.5, 0.6) is 0 Å². The van der Waals surface area contributed by atoms with Crippen molar-refractivity contribution in [3.63, 3.8) is 0 Å². The number of carbonyl (C=O) groups is 1. The summed E-state index contributed by atoms with van der Waals surface area (Å²) in [6.07, 6.45) is 5.23. The molecule has 21 heavy (non-hydrogen) atoms. The summed E-state index contributed by atoms with van der Waals surface area (Å²) in [5.74, 6) is -0.201. The fourth-order valence-electron chi connectivity index (χ4n) is 5.47. The van der Waals surface area contributed by atoms with Crippen LogP contribution >= 0.6 is 0 Å². The molecule has 6 atom stereocenters. The molecule has 0 aromatic heterocycles. The topological polar surface area (TPSA) is 48.1 Å². The van der Waals surface area contributed by atoms with Gasteiger partial charge in [-0.2, -0.15) is 0 Å². The molecule has 0 unspecified atom stereocenters. The highest BCUT2D eigenvalue weighted by Crippen LogP contribution is 2.72. The highest BCUT2D eigenvalue weighted by atomic mass is 16.6. The maximum absolute atomic E-state index is 11.6. The summed E-state index contributed by atoms with van der Waals surface area (Å²) in [5.41, 5.74) is 0.860. The van der Waals surface area contributed by atoms with Gasteiger partial charge >= 0.3 is 5.97 Å². The van der Waals surface area contributed by atoms with Crippen molar-refractivity contribution in [2.75, 3.05) is 6.61 Å². The van der Waals surface area contributed by atoms with E-state index in [2.05, 4.69) is 26.8 Å². The molecule has 4 aliphatic rings. The molecular weight excluding hydrogens is 268 g/mol. The lowest BCUT2D eigenvalue weighted by Crippen LogP contribution is -2.64. The van der Waals surface area contributed by atoms with Crippen LogP contribution in [0.4, 0.5) is 0 Å².